The lowest BCUT2D eigenvalue weighted by Crippen LogP contribution is -2.48. The summed E-state index contributed by atoms with van der Waals surface area (Å²) < 4.78 is 7.28. The average Bonchev–Trinajstić information content (AvgIpc) is 3.86. The van der Waals surface area contributed by atoms with Crippen LogP contribution in [0, 0.1) is 17.8 Å². The Bertz CT molecular complexity index is 3120. The van der Waals surface area contributed by atoms with E-state index in [2.05, 4.69) is 159 Å². The fourth-order valence-electron chi connectivity index (χ4n) is 12.3. The molecule has 4 nitrogen and oxygen atoms in total. The van der Waals surface area contributed by atoms with Gasteiger partial charge in [0, 0.05) is 50.3 Å². The van der Waals surface area contributed by atoms with Crippen molar-refractivity contribution in [2.24, 2.45) is 17.8 Å². The molecule has 4 heterocycles. The molecule has 4 heteroatoms. The predicted octanol–water partition coefficient (Wildman–Crippen LogP) is 12.8. The molecule has 4 bridgehead atoms. The third-order valence-electron chi connectivity index (χ3n) is 14.0. The number of hydrogen-bond donors (Lipinski definition) is 0. The molecular formula is C51H40N4. The van der Waals surface area contributed by atoms with Gasteiger partial charge in [0.15, 0.2) is 0 Å². The molecular weight excluding hydrogens is 669 g/mol. The van der Waals surface area contributed by atoms with E-state index in [-0.39, 0.29) is 0 Å². The molecule has 4 aliphatic rings. The number of aromatic nitrogens is 4. The van der Waals surface area contributed by atoms with Gasteiger partial charge in [0.1, 0.15) is 5.82 Å². The first-order chi connectivity index (χ1) is 27.2. The molecule has 4 aromatic heterocycles. The SMILES string of the molecule is c1ccc2c(c1)c1ccccc1n2-c1ccc2c(c1)c1ccccc1n2-c1cc(-n2c3ccccc3c3ccc(C45CC6CC(CC(C6)C4)C5)cc32)ccn1. The Morgan fingerprint density at radius 2 is 0.873 bits per heavy atom. The van der Waals surface area contributed by atoms with Gasteiger partial charge in [-0.15, -0.1) is 0 Å². The zero-order chi connectivity index (χ0) is 35.8. The van der Waals surface area contributed by atoms with Crippen LogP contribution >= 0.6 is 0 Å². The van der Waals surface area contributed by atoms with Gasteiger partial charge in [-0.2, -0.15) is 0 Å². The Morgan fingerprint density at radius 1 is 0.400 bits per heavy atom. The van der Waals surface area contributed by atoms with E-state index < -0.39 is 0 Å². The molecule has 0 atom stereocenters. The van der Waals surface area contributed by atoms with Crippen LogP contribution in [0.4, 0.5) is 0 Å². The quantitative estimate of drug-likeness (QED) is 0.179. The van der Waals surface area contributed by atoms with Gasteiger partial charge in [-0.3, -0.25) is 4.57 Å². The summed E-state index contributed by atoms with van der Waals surface area (Å²) in [6.07, 6.45) is 10.5. The van der Waals surface area contributed by atoms with Gasteiger partial charge in [0.25, 0.3) is 0 Å². The largest absolute Gasteiger partial charge is 0.309 e. The van der Waals surface area contributed by atoms with Crippen LogP contribution in [-0.2, 0) is 5.41 Å². The first-order valence-electron chi connectivity index (χ1n) is 20.2. The highest BCUT2D eigenvalue weighted by molar-refractivity contribution is 6.12. The number of rotatable bonds is 4. The molecule has 4 saturated carbocycles. The van der Waals surface area contributed by atoms with Crippen molar-refractivity contribution in [3.05, 3.63) is 157 Å². The Labute approximate surface area is 319 Å². The Kier molecular flexibility index (Phi) is 6.03. The van der Waals surface area contributed by atoms with Crippen LogP contribution in [0.2, 0.25) is 0 Å². The molecule has 0 spiro atoms. The van der Waals surface area contributed by atoms with Gasteiger partial charge < -0.3 is 9.13 Å². The van der Waals surface area contributed by atoms with Crippen LogP contribution in [0.25, 0.3) is 82.6 Å². The molecule has 4 aliphatic carbocycles. The van der Waals surface area contributed by atoms with Crippen molar-refractivity contribution in [2.45, 2.75) is 43.9 Å². The molecule has 0 radical (unpaired) electrons. The second-order valence-corrected chi connectivity index (χ2v) is 17.1. The molecule has 55 heavy (non-hydrogen) atoms. The Morgan fingerprint density at radius 3 is 1.47 bits per heavy atom. The summed E-state index contributed by atoms with van der Waals surface area (Å²) in [6.45, 7) is 0. The maximum Gasteiger partial charge on any atom is 0.139 e. The summed E-state index contributed by atoms with van der Waals surface area (Å²) in [5.41, 5.74) is 11.5. The minimum absolute atomic E-state index is 0.342. The van der Waals surface area contributed by atoms with Crippen LogP contribution in [0.15, 0.2) is 152 Å². The normalized spacial score (nSPS) is 22.0. The number of para-hydroxylation sites is 4. The van der Waals surface area contributed by atoms with Crippen LogP contribution in [0.3, 0.4) is 0 Å². The van der Waals surface area contributed by atoms with E-state index >= 15 is 0 Å². The zero-order valence-electron chi connectivity index (χ0n) is 30.7. The zero-order valence-corrected chi connectivity index (χ0v) is 30.7. The van der Waals surface area contributed by atoms with Crippen molar-refractivity contribution in [3.63, 3.8) is 0 Å². The molecule has 14 rings (SSSR count). The lowest BCUT2D eigenvalue weighted by molar-refractivity contribution is -0.00513. The third kappa shape index (κ3) is 4.20. The van der Waals surface area contributed by atoms with E-state index in [4.69, 9.17) is 4.98 Å². The number of nitrogens with zero attached hydrogens (tertiary/aromatic N) is 4. The van der Waals surface area contributed by atoms with Crippen molar-refractivity contribution in [2.75, 3.05) is 0 Å². The standard InChI is InChI=1S/C51H40N4/c1-5-13-44-38(9-1)39-10-2-6-14-45(39)53(44)36-18-20-48-43(27-36)41-12-4-8-16-47(41)55(48)50-28-37(21-22-52-50)54-46-15-7-3-11-40(46)42-19-17-35(26-49(42)54)51-29-32-23-33(30-51)25-34(24-32)31-51/h1-22,26-28,32-34H,23-25,29-31H2. The Hall–Kier alpha value is -6.13. The molecule has 0 unspecified atom stereocenters. The lowest BCUT2D eigenvalue weighted by Gasteiger charge is -2.57. The minimum atomic E-state index is 0.342. The highest BCUT2D eigenvalue weighted by atomic mass is 15.1. The summed E-state index contributed by atoms with van der Waals surface area (Å²) in [6, 6.07) is 54.2. The molecule has 4 fully saturated rings. The van der Waals surface area contributed by atoms with Crippen molar-refractivity contribution >= 4 is 65.4 Å². The number of fused-ring (bicyclic) bond motifs is 9. The van der Waals surface area contributed by atoms with Crippen LogP contribution in [0.1, 0.15) is 44.1 Å². The first-order valence-corrected chi connectivity index (χ1v) is 20.2. The maximum absolute atomic E-state index is 5.10. The van der Waals surface area contributed by atoms with Crippen molar-refractivity contribution < 1.29 is 0 Å². The number of benzene rings is 6. The van der Waals surface area contributed by atoms with Crippen LogP contribution in [0.5, 0.6) is 0 Å². The molecule has 0 amide bonds. The van der Waals surface area contributed by atoms with E-state index in [1.165, 1.54) is 92.9 Å². The lowest BCUT2D eigenvalue weighted by atomic mass is 9.48. The maximum atomic E-state index is 5.10. The second-order valence-electron chi connectivity index (χ2n) is 17.1. The fourth-order valence-corrected chi connectivity index (χ4v) is 12.3. The molecule has 0 N–H and O–H groups in total. The van der Waals surface area contributed by atoms with Gasteiger partial charge >= 0.3 is 0 Å². The first kappa shape index (κ1) is 30.2. The summed E-state index contributed by atoms with van der Waals surface area (Å²) in [5, 5.41) is 7.64. The second kappa shape index (κ2) is 11.0. The smallest absolute Gasteiger partial charge is 0.139 e. The number of pyridine rings is 1. The minimum Gasteiger partial charge on any atom is -0.309 e. The number of hydrogen-bond acceptors (Lipinski definition) is 1. The molecule has 6 aromatic carbocycles. The average molecular weight is 709 g/mol. The van der Waals surface area contributed by atoms with Crippen molar-refractivity contribution in [1.29, 1.82) is 0 Å². The predicted molar refractivity (Wildman–Crippen MR) is 227 cm³/mol. The van der Waals surface area contributed by atoms with Gasteiger partial charge in [0.2, 0.25) is 0 Å². The van der Waals surface area contributed by atoms with E-state index in [0.29, 0.717) is 5.41 Å². The summed E-state index contributed by atoms with van der Waals surface area (Å²) in [7, 11) is 0. The van der Waals surface area contributed by atoms with Crippen molar-refractivity contribution in [1.82, 2.24) is 18.7 Å². The van der Waals surface area contributed by atoms with Gasteiger partial charge in [-0.25, -0.2) is 4.98 Å². The summed E-state index contributed by atoms with van der Waals surface area (Å²) in [4.78, 5) is 5.10. The van der Waals surface area contributed by atoms with E-state index in [9.17, 15) is 0 Å². The van der Waals surface area contributed by atoms with E-state index in [1.54, 1.807) is 5.56 Å². The van der Waals surface area contributed by atoms with Crippen LogP contribution in [-0.4, -0.2) is 18.7 Å². The highest BCUT2D eigenvalue weighted by Gasteiger charge is 2.51. The topological polar surface area (TPSA) is 27.7 Å². The third-order valence-corrected chi connectivity index (χ3v) is 14.0. The van der Waals surface area contributed by atoms with E-state index in [0.717, 1.165) is 46.0 Å². The molecule has 0 saturated heterocycles. The molecule has 0 aliphatic heterocycles. The monoisotopic (exact) mass is 708 g/mol. The van der Waals surface area contributed by atoms with E-state index in [1.807, 2.05) is 6.20 Å². The highest BCUT2D eigenvalue weighted by Crippen LogP contribution is 2.61. The Balaban J connectivity index is 1.00. The van der Waals surface area contributed by atoms with Crippen LogP contribution < -0.4 is 0 Å². The molecule has 10 aromatic rings. The fraction of sp³-hybridized carbons (Fsp3) is 0.196. The van der Waals surface area contributed by atoms with Gasteiger partial charge in [-0.05, 0) is 122 Å². The van der Waals surface area contributed by atoms with Gasteiger partial charge in [0.05, 0.1) is 38.8 Å². The summed E-state index contributed by atoms with van der Waals surface area (Å²) in [5.74, 6) is 3.68. The summed E-state index contributed by atoms with van der Waals surface area (Å²) >= 11 is 0. The van der Waals surface area contributed by atoms with Gasteiger partial charge in [-0.1, -0.05) is 84.9 Å². The molecule has 264 valence electrons. The van der Waals surface area contributed by atoms with Crippen molar-refractivity contribution in [3.8, 4) is 17.2 Å².